The van der Waals surface area contributed by atoms with Gasteiger partial charge >= 0.3 is 0 Å². The van der Waals surface area contributed by atoms with E-state index in [0.717, 1.165) is 43.5 Å². The second-order valence-corrected chi connectivity index (χ2v) is 5.16. The van der Waals surface area contributed by atoms with Crippen molar-refractivity contribution >= 4 is 11.9 Å². The topological polar surface area (TPSA) is 32.3 Å². The van der Waals surface area contributed by atoms with E-state index in [0.29, 0.717) is 5.92 Å². The van der Waals surface area contributed by atoms with Crippen LogP contribution in [-0.2, 0) is 0 Å². The molecule has 98 valence electrons. The Morgan fingerprint density at radius 2 is 1.89 bits per heavy atom. The zero-order valence-corrected chi connectivity index (χ0v) is 11.6. The Balaban J connectivity index is 2.26. The highest BCUT2D eigenvalue weighted by molar-refractivity contribution is 5.50. The van der Waals surface area contributed by atoms with Crippen LogP contribution in [0.15, 0.2) is 12.6 Å². The molecule has 0 radical (unpaired) electrons. The van der Waals surface area contributed by atoms with E-state index in [1.54, 1.807) is 6.08 Å². The zero-order valence-electron chi connectivity index (χ0n) is 11.6. The SMILES string of the molecule is C=Cc1cc(N2CCN(C)CC2)nc(C(C)C)n1. The second-order valence-electron chi connectivity index (χ2n) is 5.16. The summed E-state index contributed by atoms with van der Waals surface area (Å²) >= 11 is 0. The summed E-state index contributed by atoms with van der Waals surface area (Å²) < 4.78 is 0. The predicted octanol–water partition coefficient (Wildman–Crippen LogP) is 1.99. The van der Waals surface area contributed by atoms with Gasteiger partial charge in [-0.15, -0.1) is 0 Å². The van der Waals surface area contributed by atoms with Crippen LogP contribution in [0, 0.1) is 0 Å². The lowest BCUT2D eigenvalue weighted by atomic mass is 10.2. The summed E-state index contributed by atoms with van der Waals surface area (Å²) in [6.07, 6.45) is 1.80. The molecule has 2 rings (SSSR count). The minimum absolute atomic E-state index is 0.344. The third-order valence-electron chi connectivity index (χ3n) is 3.30. The van der Waals surface area contributed by atoms with Gasteiger partial charge in [0.15, 0.2) is 0 Å². The van der Waals surface area contributed by atoms with Crippen molar-refractivity contribution < 1.29 is 0 Å². The van der Waals surface area contributed by atoms with Crippen molar-refractivity contribution in [1.29, 1.82) is 0 Å². The molecular formula is C14H22N4. The quantitative estimate of drug-likeness (QED) is 0.816. The highest BCUT2D eigenvalue weighted by atomic mass is 15.3. The molecule has 1 saturated heterocycles. The molecular weight excluding hydrogens is 224 g/mol. The van der Waals surface area contributed by atoms with Crippen molar-refractivity contribution in [1.82, 2.24) is 14.9 Å². The van der Waals surface area contributed by atoms with Crippen molar-refractivity contribution in [3.63, 3.8) is 0 Å². The molecule has 0 saturated carbocycles. The molecule has 1 fully saturated rings. The summed E-state index contributed by atoms with van der Waals surface area (Å²) in [5.74, 6) is 2.29. The largest absolute Gasteiger partial charge is 0.354 e. The van der Waals surface area contributed by atoms with E-state index in [1.807, 2.05) is 6.07 Å². The van der Waals surface area contributed by atoms with Crippen LogP contribution in [0.1, 0.15) is 31.3 Å². The molecule has 1 aliphatic rings. The standard InChI is InChI=1S/C14H22N4/c1-5-12-10-13(16-14(15-12)11(2)3)18-8-6-17(4)7-9-18/h5,10-11H,1,6-9H2,2-4H3. The molecule has 0 N–H and O–H groups in total. The van der Waals surface area contributed by atoms with E-state index in [4.69, 9.17) is 0 Å². The maximum absolute atomic E-state index is 4.68. The summed E-state index contributed by atoms with van der Waals surface area (Å²) in [6.45, 7) is 12.3. The van der Waals surface area contributed by atoms with Gasteiger partial charge < -0.3 is 9.80 Å². The minimum Gasteiger partial charge on any atom is -0.354 e. The van der Waals surface area contributed by atoms with Crippen LogP contribution in [-0.4, -0.2) is 48.1 Å². The fraction of sp³-hybridized carbons (Fsp3) is 0.571. The van der Waals surface area contributed by atoms with Gasteiger partial charge in [-0.3, -0.25) is 0 Å². The van der Waals surface area contributed by atoms with Gasteiger partial charge in [0.05, 0.1) is 5.69 Å². The summed E-state index contributed by atoms with van der Waals surface area (Å²) in [7, 11) is 2.16. The van der Waals surface area contributed by atoms with Crippen LogP contribution in [0.25, 0.3) is 6.08 Å². The third-order valence-corrected chi connectivity index (χ3v) is 3.30. The lowest BCUT2D eigenvalue weighted by Crippen LogP contribution is -2.45. The van der Waals surface area contributed by atoms with E-state index in [1.165, 1.54) is 0 Å². The zero-order chi connectivity index (χ0) is 13.1. The molecule has 1 aliphatic heterocycles. The molecule has 0 unspecified atom stereocenters. The average Bonchev–Trinajstić information content (AvgIpc) is 2.39. The van der Waals surface area contributed by atoms with Gasteiger partial charge in [0.1, 0.15) is 11.6 Å². The van der Waals surface area contributed by atoms with E-state index < -0.39 is 0 Å². The molecule has 0 amide bonds. The Morgan fingerprint density at radius 1 is 1.22 bits per heavy atom. The molecule has 0 bridgehead atoms. The molecule has 0 spiro atoms. The number of hydrogen-bond acceptors (Lipinski definition) is 4. The van der Waals surface area contributed by atoms with Crippen LogP contribution in [0.5, 0.6) is 0 Å². The lowest BCUT2D eigenvalue weighted by Gasteiger charge is -2.33. The monoisotopic (exact) mass is 246 g/mol. The van der Waals surface area contributed by atoms with Gasteiger partial charge in [0, 0.05) is 38.2 Å². The van der Waals surface area contributed by atoms with Gasteiger partial charge in [-0.1, -0.05) is 20.4 Å². The molecule has 0 aromatic carbocycles. The average molecular weight is 246 g/mol. The van der Waals surface area contributed by atoms with Crippen LogP contribution < -0.4 is 4.90 Å². The molecule has 1 aromatic heterocycles. The van der Waals surface area contributed by atoms with Gasteiger partial charge in [-0.25, -0.2) is 9.97 Å². The Kier molecular flexibility index (Phi) is 3.97. The van der Waals surface area contributed by atoms with E-state index in [9.17, 15) is 0 Å². The number of anilines is 1. The number of nitrogens with zero attached hydrogens (tertiary/aromatic N) is 4. The molecule has 2 heterocycles. The van der Waals surface area contributed by atoms with Gasteiger partial charge in [-0.05, 0) is 13.1 Å². The predicted molar refractivity (Wildman–Crippen MR) is 75.9 cm³/mol. The first-order valence-corrected chi connectivity index (χ1v) is 6.55. The minimum atomic E-state index is 0.344. The van der Waals surface area contributed by atoms with Gasteiger partial charge in [0.2, 0.25) is 0 Å². The summed E-state index contributed by atoms with van der Waals surface area (Å²) in [6, 6.07) is 2.03. The molecule has 18 heavy (non-hydrogen) atoms. The Morgan fingerprint density at radius 3 is 2.44 bits per heavy atom. The normalized spacial score (nSPS) is 17.2. The third kappa shape index (κ3) is 2.88. The summed E-state index contributed by atoms with van der Waals surface area (Å²) in [5, 5.41) is 0. The van der Waals surface area contributed by atoms with E-state index in [-0.39, 0.29) is 0 Å². The van der Waals surface area contributed by atoms with E-state index in [2.05, 4.69) is 47.2 Å². The highest BCUT2D eigenvalue weighted by Crippen LogP contribution is 2.19. The lowest BCUT2D eigenvalue weighted by molar-refractivity contribution is 0.312. The first-order valence-electron chi connectivity index (χ1n) is 6.55. The number of hydrogen-bond donors (Lipinski definition) is 0. The Labute approximate surface area is 109 Å². The summed E-state index contributed by atoms with van der Waals surface area (Å²) in [4.78, 5) is 13.8. The molecule has 1 aromatic rings. The molecule has 0 aliphatic carbocycles. The molecule has 0 atom stereocenters. The van der Waals surface area contributed by atoms with Crippen molar-refractivity contribution in [2.45, 2.75) is 19.8 Å². The van der Waals surface area contributed by atoms with Crippen LogP contribution in [0.3, 0.4) is 0 Å². The number of piperazine rings is 1. The fourth-order valence-corrected chi connectivity index (χ4v) is 2.03. The highest BCUT2D eigenvalue weighted by Gasteiger charge is 2.17. The first kappa shape index (κ1) is 13.0. The van der Waals surface area contributed by atoms with Gasteiger partial charge in [0.25, 0.3) is 0 Å². The van der Waals surface area contributed by atoms with Crippen LogP contribution in [0.4, 0.5) is 5.82 Å². The van der Waals surface area contributed by atoms with Crippen LogP contribution in [0.2, 0.25) is 0 Å². The number of rotatable bonds is 3. The van der Waals surface area contributed by atoms with Crippen molar-refractivity contribution in [3.05, 3.63) is 24.2 Å². The smallest absolute Gasteiger partial charge is 0.133 e. The van der Waals surface area contributed by atoms with Gasteiger partial charge in [-0.2, -0.15) is 0 Å². The maximum Gasteiger partial charge on any atom is 0.133 e. The van der Waals surface area contributed by atoms with E-state index >= 15 is 0 Å². The Hall–Kier alpha value is -1.42. The number of likely N-dealkylation sites (N-methyl/N-ethyl adjacent to an activating group) is 1. The van der Waals surface area contributed by atoms with Crippen molar-refractivity contribution in [3.8, 4) is 0 Å². The van der Waals surface area contributed by atoms with Crippen molar-refractivity contribution in [2.75, 3.05) is 38.1 Å². The number of aromatic nitrogens is 2. The summed E-state index contributed by atoms with van der Waals surface area (Å²) in [5.41, 5.74) is 0.919. The first-order chi connectivity index (χ1) is 8.60. The molecule has 4 nitrogen and oxygen atoms in total. The fourth-order valence-electron chi connectivity index (χ4n) is 2.03. The maximum atomic E-state index is 4.68. The second kappa shape index (κ2) is 5.48. The molecule has 4 heteroatoms. The van der Waals surface area contributed by atoms with Crippen LogP contribution >= 0.6 is 0 Å². The Bertz CT molecular complexity index is 420. The van der Waals surface area contributed by atoms with Crippen molar-refractivity contribution in [2.24, 2.45) is 0 Å².